The van der Waals surface area contributed by atoms with Crippen molar-refractivity contribution in [1.29, 1.82) is 0 Å². The lowest BCUT2D eigenvalue weighted by atomic mass is 9.96. The van der Waals surface area contributed by atoms with Gasteiger partial charge in [0.05, 0.1) is 12.1 Å². The Bertz CT molecular complexity index is 1120. The van der Waals surface area contributed by atoms with E-state index in [0.717, 1.165) is 15.8 Å². The maximum atomic E-state index is 13.8. The minimum absolute atomic E-state index is 0.131. The van der Waals surface area contributed by atoms with Crippen molar-refractivity contribution in [3.8, 4) is 0 Å². The summed E-state index contributed by atoms with van der Waals surface area (Å²) in [6.07, 6.45) is -5.48. The second-order valence-corrected chi connectivity index (χ2v) is 8.02. The Morgan fingerprint density at radius 1 is 1.22 bits per heavy atom. The molecule has 2 heterocycles. The number of aryl methyl sites for hydroxylation is 1. The number of rotatable bonds is 4. The molecule has 3 unspecified atom stereocenters. The molecule has 0 bridgehead atoms. The zero-order valence-corrected chi connectivity index (χ0v) is 17.5. The Hall–Kier alpha value is -3.33. The maximum Gasteiger partial charge on any atom is 0.410 e. The molecule has 4 rings (SSSR count). The number of carbonyl (C=O) groups excluding carboxylic acids is 1. The molecular weight excluding hydrogens is 421 g/mol. The molecule has 0 fully saturated rings. The van der Waals surface area contributed by atoms with Crippen LogP contribution in [0.15, 0.2) is 54.6 Å². The quantitative estimate of drug-likeness (QED) is 0.520. The lowest BCUT2D eigenvalue weighted by Crippen LogP contribution is -2.35. The van der Waals surface area contributed by atoms with Gasteiger partial charge >= 0.3 is 6.18 Å². The highest BCUT2D eigenvalue weighted by Crippen LogP contribution is 2.43. The molecule has 6 nitrogen and oxygen atoms in total. The first-order valence-electron chi connectivity index (χ1n) is 10.2. The predicted molar refractivity (Wildman–Crippen MR) is 115 cm³/mol. The molecule has 1 aliphatic heterocycles. The van der Waals surface area contributed by atoms with Gasteiger partial charge in [-0.05, 0) is 37.1 Å². The summed E-state index contributed by atoms with van der Waals surface area (Å²) in [6, 6.07) is 12.8. The van der Waals surface area contributed by atoms with Gasteiger partial charge in [0, 0.05) is 18.2 Å². The zero-order chi connectivity index (χ0) is 23.0. The molecule has 1 amide bonds. The fourth-order valence-electron chi connectivity index (χ4n) is 3.77. The number of hydrogen-bond donors (Lipinski definition) is 3. The van der Waals surface area contributed by atoms with E-state index < -0.39 is 30.3 Å². The van der Waals surface area contributed by atoms with E-state index in [-0.39, 0.29) is 17.9 Å². The van der Waals surface area contributed by atoms with Gasteiger partial charge in [0.15, 0.2) is 11.7 Å². The summed E-state index contributed by atoms with van der Waals surface area (Å²) in [6.45, 7) is 3.51. The molecule has 0 saturated carbocycles. The van der Waals surface area contributed by atoms with Crippen molar-refractivity contribution in [3.05, 3.63) is 77.0 Å². The van der Waals surface area contributed by atoms with Crippen molar-refractivity contribution < 1.29 is 23.1 Å². The molecule has 0 spiro atoms. The first-order chi connectivity index (χ1) is 15.1. The number of carbonyl (C=O) groups is 1. The molecule has 1 aliphatic rings. The topological polar surface area (TPSA) is 79.2 Å². The third-order valence-electron chi connectivity index (χ3n) is 5.53. The molecule has 0 radical (unpaired) electrons. The second-order valence-electron chi connectivity index (χ2n) is 8.02. The number of aliphatic hydroxyl groups is 1. The van der Waals surface area contributed by atoms with Crippen LogP contribution >= 0.6 is 0 Å². The van der Waals surface area contributed by atoms with Gasteiger partial charge in [0.1, 0.15) is 5.82 Å². The normalized spacial score (nSPS) is 19.1. The SMILES string of the molecule is Cc1ccc(C2CC(C(F)(F)F)n3nc(C(=O)Nc4cccc(C(C)O)c4)cc3N2)cc1. The molecule has 1 aromatic heterocycles. The molecule has 0 aliphatic carbocycles. The Kier molecular flexibility index (Phi) is 5.68. The van der Waals surface area contributed by atoms with Gasteiger partial charge in [-0.25, -0.2) is 4.68 Å². The van der Waals surface area contributed by atoms with Crippen LogP contribution in [0, 0.1) is 6.92 Å². The zero-order valence-electron chi connectivity index (χ0n) is 17.5. The number of fused-ring (bicyclic) bond motifs is 1. The number of nitrogens with zero attached hydrogens (tertiary/aromatic N) is 2. The Labute approximate surface area is 183 Å². The lowest BCUT2D eigenvalue weighted by Gasteiger charge is -2.33. The molecule has 3 atom stereocenters. The fraction of sp³-hybridized carbons (Fsp3) is 0.304. The van der Waals surface area contributed by atoms with Crippen molar-refractivity contribution in [2.45, 2.75) is 44.6 Å². The van der Waals surface area contributed by atoms with E-state index in [1.807, 2.05) is 19.1 Å². The third-order valence-corrected chi connectivity index (χ3v) is 5.53. The molecule has 2 aromatic carbocycles. The van der Waals surface area contributed by atoms with Gasteiger partial charge in [0.25, 0.3) is 5.91 Å². The first kappa shape index (κ1) is 21.9. The van der Waals surface area contributed by atoms with Crippen molar-refractivity contribution in [3.63, 3.8) is 0 Å². The van der Waals surface area contributed by atoms with Gasteiger partial charge in [-0.15, -0.1) is 0 Å². The van der Waals surface area contributed by atoms with Crippen LogP contribution in [0.2, 0.25) is 0 Å². The Balaban J connectivity index is 1.62. The summed E-state index contributed by atoms with van der Waals surface area (Å²) in [5.74, 6) is -0.503. The van der Waals surface area contributed by atoms with E-state index in [0.29, 0.717) is 11.3 Å². The van der Waals surface area contributed by atoms with Crippen LogP contribution in [-0.2, 0) is 0 Å². The fourth-order valence-corrected chi connectivity index (χ4v) is 3.77. The number of benzene rings is 2. The molecular formula is C23H23F3N4O2. The van der Waals surface area contributed by atoms with E-state index in [1.54, 1.807) is 43.3 Å². The molecule has 0 saturated heterocycles. The van der Waals surface area contributed by atoms with E-state index in [1.165, 1.54) is 6.07 Å². The van der Waals surface area contributed by atoms with Crippen molar-refractivity contribution in [2.75, 3.05) is 10.6 Å². The van der Waals surface area contributed by atoms with Crippen molar-refractivity contribution in [1.82, 2.24) is 9.78 Å². The number of anilines is 2. The highest BCUT2D eigenvalue weighted by atomic mass is 19.4. The molecule has 32 heavy (non-hydrogen) atoms. The number of amides is 1. The van der Waals surface area contributed by atoms with Crippen molar-refractivity contribution >= 4 is 17.4 Å². The van der Waals surface area contributed by atoms with Crippen molar-refractivity contribution in [2.24, 2.45) is 0 Å². The molecule has 3 N–H and O–H groups in total. The van der Waals surface area contributed by atoms with E-state index in [2.05, 4.69) is 15.7 Å². The monoisotopic (exact) mass is 444 g/mol. The number of aromatic nitrogens is 2. The second kappa shape index (κ2) is 8.31. The summed E-state index contributed by atoms with van der Waals surface area (Å²) in [5, 5.41) is 19.4. The number of nitrogens with one attached hydrogen (secondary N) is 2. The van der Waals surface area contributed by atoms with E-state index in [4.69, 9.17) is 0 Å². The summed E-state index contributed by atoms with van der Waals surface area (Å²) >= 11 is 0. The number of alkyl halides is 3. The van der Waals surface area contributed by atoms with E-state index in [9.17, 15) is 23.1 Å². The minimum Gasteiger partial charge on any atom is -0.389 e. The number of halogens is 3. The lowest BCUT2D eigenvalue weighted by molar-refractivity contribution is -0.173. The summed E-state index contributed by atoms with van der Waals surface area (Å²) in [7, 11) is 0. The predicted octanol–water partition coefficient (Wildman–Crippen LogP) is 5.16. The molecule has 9 heteroatoms. The highest BCUT2D eigenvalue weighted by molar-refractivity contribution is 6.03. The Morgan fingerprint density at radius 3 is 2.59 bits per heavy atom. The molecule has 3 aromatic rings. The van der Waals surface area contributed by atoms with Crippen LogP contribution in [0.1, 0.15) is 58.7 Å². The van der Waals surface area contributed by atoms with Gasteiger partial charge in [-0.1, -0.05) is 42.0 Å². The summed E-state index contributed by atoms with van der Waals surface area (Å²) in [5.41, 5.74) is 2.64. The van der Waals surface area contributed by atoms with Crippen LogP contribution in [-0.4, -0.2) is 27.0 Å². The van der Waals surface area contributed by atoms with Crippen LogP contribution in [0.25, 0.3) is 0 Å². The smallest absolute Gasteiger partial charge is 0.389 e. The average molecular weight is 444 g/mol. The maximum absolute atomic E-state index is 13.8. The van der Waals surface area contributed by atoms with Gasteiger partial charge in [-0.3, -0.25) is 4.79 Å². The molecule has 168 valence electrons. The average Bonchev–Trinajstić information content (AvgIpc) is 3.17. The van der Waals surface area contributed by atoms with Gasteiger partial charge in [0.2, 0.25) is 0 Å². The highest BCUT2D eigenvalue weighted by Gasteiger charge is 2.46. The number of hydrogen-bond acceptors (Lipinski definition) is 4. The largest absolute Gasteiger partial charge is 0.410 e. The summed E-state index contributed by atoms with van der Waals surface area (Å²) in [4.78, 5) is 12.7. The minimum atomic E-state index is -4.52. The first-order valence-corrected chi connectivity index (χ1v) is 10.2. The van der Waals surface area contributed by atoms with E-state index >= 15 is 0 Å². The standard InChI is InChI=1S/C23H23F3N4O2/c1-13-6-8-15(9-7-13)18-11-20(23(24,25)26)30-21(28-18)12-19(29-30)22(32)27-17-5-3-4-16(10-17)14(2)31/h3-10,12,14,18,20,28,31H,11H2,1-2H3,(H,27,32). The van der Waals surface area contributed by atoms with Gasteiger partial charge in [-0.2, -0.15) is 18.3 Å². The van der Waals surface area contributed by atoms with Crippen LogP contribution < -0.4 is 10.6 Å². The number of aliphatic hydroxyl groups excluding tert-OH is 1. The van der Waals surface area contributed by atoms with Gasteiger partial charge < -0.3 is 15.7 Å². The summed E-state index contributed by atoms with van der Waals surface area (Å²) < 4.78 is 42.4. The third kappa shape index (κ3) is 4.47. The van der Waals surface area contributed by atoms with Crippen LogP contribution in [0.5, 0.6) is 0 Å². The Morgan fingerprint density at radius 2 is 1.94 bits per heavy atom. The van der Waals surface area contributed by atoms with Crippen LogP contribution in [0.4, 0.5) is 24.7 Å². The van der Waals surface area contributed by atoms with Crippen LogP contribution in [0.3, 0.4) is 0 Å².